The van der Waals surface area contributed by atoms with E-state index in [0.29, 0.717) is 0 Å². The number of hydrogen-bond donors (Lipinski definition) is 2. The molecule has 170 valence electrons. The molecule has 0 unspecified atom stereocenters. The van der Waals surface area contributed by atoms with Crippen molar-refractivity contribution in [2.24, 2.45) is 0 Å². The molecule has 9 nitrogen and oxygen atoms in total. The van der Waals surface area contributed by atoms with Gasteiger partial charge in [-0.05, 0) is 36.5 Å². The van der Waals surface area contributed by atoms with Crippen molar-refractivity contribution in [2.75, 3.05) is 38.5 Å². The predicted molar refractivity (Wildman–Crippen MR) is 128 cm³/mol. The van der Waals surface area contributed by atoms with Gasteiger partial charge in [-0.3, -0.25) is 14.1 Å². The van der Waals surface area contributed by atoms with Crippen LogP contribution in [0.25, 0.3) is 11.2 Å². The lowest BCUT2D eigenvalue weighted by Gasteiger charge is -2.33. The van der Waals surface area contributed by atoms with E-state index in [0.717, 1.165) is 72.7 Å². The largest absolute Gasteiger partial charge is 0.394 e. The standard InChI is InChI=1S/C22H30N8OS/c1-5-17(11-23-4)19-12-24-22-21(25-15(2)13-30(19)22)26-20-10-18(27-32-20)14-28-6-8-29(9-7-28)16(3)31/h10-13,23H,5-9,14H2,1-4H3,(H,25,26)/b17-11+. The minimum absolute atomic E-state index is 0.149. The van der Waals surface area contributed by atoms with E-state index in [1.807, 2.05) is 37.5 Å². The number of fused-ring (bicyclic) bond motifs is 1. The Morgan fingerprint density at radius 2 is 2.06 bits per heavy atom. The average Bonchev–Trinajstić information content (AvgIpc) is 3.39. The van der Waals surface area contributed by atoms with Crippen LogP contribution in [0, 0.1) is 6.92 Å². The third kappa shape index (κ3) is 4.76. The molecule has 0 radical (unpaired) electrons. The summed E-state index contributed by atoms with van der Waals surface area (Å²) in [6, 6.07) is 2.07. The lowest BCUT2D eigenvalue weighted by atomic mass is 10.1. The molecule has 0 saturated carbocycles. The van der Waals surface area contributed by atoms with Crippen molar-refractivity contribution >= 4 is 39.5 Å². The maximum atomic E-state index is 11.5. The zero-order chi connectivity index (χ0) is 22.7. The number of aromatic nitrogens is 4. The second kappa shape index (κ2) is 9.66. The number of anilines is 2. The van der Waals surface area contributed by atoms with Gasteiger partial charge >= 0.3 is 0 Å². The third-order valence-electron chi connectivity index (χ3n) is 5.64. The molecular weight excluding hydrogens is 424 g/mol. The molecule has 3 aromatic heterocycles. The number of amides is 1. The van der Waals surface area contributed by atoms with Crippen LogP contribution in [0.3, 0.4) is 0 Å². The van der Waals surface area contributed by atoms with Gasteiger partial charge < -0.3 is 15.5 Å². The van der Waals surface area contributed by atoms with E-state index in [1.165, 1.54) is 17.1 Å². The number of imidazole rings is 1. The highest BCUT2D eigenvalue weighted by Crippen LogP contribution is 2.27. The zero-order valence-electron chi connectivity index (χ0n) is 19.1. The van der Waals surface area contributed by atoms with Crippen LogP contribution in [-0.4, -0.2) is 67.7 Å². The van der Waals surface area contributed by atoms with Crippen LogP contribution in [0.1, 0.15) is 37.4 Å². The van der Waals surface area contributed by atoms with Gasteiger partial charge in [0.2, 0.25) is 5.91 Å². The Balaban J connectivity index is 1.50. The monoisotopic (exact) mass is 454 g/mol. The lowest BCUT2D eigenvalue weighted by Crippen LogP contribution is -2.47. The van der Waals surface area contributed by atoms with Crippen LogP contribution < -0.4 is 10.6 Å². The van der Waals surface area contributed by atoms with Crippen molar-refractivity contribution < 1.29 is 4.79 Å². The van der Waals surface area contributed by atoms with Gasteiger partial charge in [0.25, 0.3) is 0 Å². The maximum Gasteiger partial charge on any atom is 0.219 e. The lowest BCUT2D eigenvalue weighted by molar-refractivity contribution is -0.130. The van der Waals surface area contributed by atoms with Crippen molar-refractivity contribution in [1.82, 2.24) is 33.9 Å². The van der Waals surface area contributed by atoms with E-state index in [1.54, 1.807) is 6.92 Å². The number of carbonyl (C=O) groups is 1. The number of allylic oxidation sites excluding steroid dienone is 1. The van der Waals surface area contributed by atoms with E-state index in [-0.39, 0.29) is 5.91 Å². The number of aryl methyl sites for hydroxylation is 1. The number of nitrogens with zero attached hydrogens (tertiary/aromatic N) is 6. The molecule has 1 fully saturated rings. The van der Waals surface area contributed by atoms with Gasteiger partial charge in [0.05, 0.1) is 23.3 Å². The summed E-state index contributed by atoms with van der Waals surface area (Å²) < 4.78 is 6.71. The molecule has 0 bridgehead atoms. The van der Waals surface area contributed by atoms with Gasteiger partial charge in [-0.2, -0.15) is 4.37 Å². The Kier molecular flexibility index (Phi) is 6.71. The smallest absolute Gasteiger partial charge is 0.219 e. The highest BCUT2D eigenvalue weighted by molar-refractivity contribution is 7.10. The Bertz CT molecular complexity index is 1130. The molecule has 1 aliphatic rings. The summed E-state index contributed by atoms with van der Waals surface area (Å²) in [5, 5.41) is 7.48. The molecule has 0 aromatic carbocycles. The molecule has 0 spiro atoms. The first kappa shape index (κ1) is 22.2. The highest BCUT2D eigenvalue weighted by atomic mass is 32.1. The third-order valence-corrected chi connectivity index (χ3v) is 6.39. The van der Waals surface area contributed by atoms with E-state index >= 15 is 0 Å². The van der Waals surface area contributed by atoms with Crippen LogP contribution in [-0.2, 0) is 11.3 Å². The fraction of sp³-hybridized carbons (Fsp3) is 0.455. The first-order chi connectivity index (χ1) is 15.5. The second-order valence-electron chi connectivity index (χ2n) is 7.97. The van der Waals surface area contributed by atoms with E-state index in [2.05, 4.69) is 42.3 Å². The molecular formula is C22H30N8OS. The zero-order valence-corrected chi connectivity index (χ0v) is 19.9. The van der Waals surface area contributed by atoms with Crippen LogP contribution in [0.4, 0.5) is 10.8 Å². The molecule has 4 heterocycles. The molecule has 0 atom stereocenters. The van der Waals surface area contributed by atoms with Crippen molar-refractivity contribution in [3.8, 4) is 0 Å². The molecule has 1 amide bonds. The van der Waals surface area contributed by atoms with Gasteiger partial charge in [0.15, 0.2) is 11.5 Å². The minimum atomic E-state index is 0.149. The first-order valence-electron chi connectivity index (χ1n) is 10.9. The van der Waals surface area contributed by atoms with Crippen LogP contribution in [0.15, 0.2) is 24.7 Å². The number of nitrogens with one attached hydrogen (secondary N) is 2. The van der Waals surface area contributed by atoms with Crippen molar-refractivity contribution in [1.29, 1.82) is 0 Å². The van der Waals surface area contributed by atoms with Gasteiger partial charge in [-0.25, -0.2) is 9.97 Å². The van der Waals surface area contributed by atoms with Crippen LogP contribution >= 0.6 is 11.5 Å². The number of carbonyl (C=O) groups excluding carboxylic acids is 1. The van der Waals surface area contributed by atoms with Crippen LogP contribution in [0.2, 0.25) is 0 Å². The van der Waals surface area contributed by atoms with Crippen molar-refractivity contribution in [2.45, 2.75) is 33.7 Å². The van der Waals surface area contributed by atoms with Crippen molar-refractivity contribution in [3.63, 3.8) is 0 Å². The number of rotatable bonds is 7. The summed E-state index contributed by atoms with van der Waals surface area (Å²) in [7, 11) is 1.91. The summed E-state index contributed by atoms with van der Waals surface area (Å²) in [5.41, 5.74) is 4.96. The molecule has 1 saturated heterocycles. The van der Waals surface area contributed by atoms with Gasteiger partial charge in [0.1, 0.15) is 5.00 Å². The topological polar surface area (TPSA) is 90.7 Å². The van der Waals surface area contributed by atoms with Gasteiger partial charge in [-0.15, -0.1) is 0 Å². The molecule has 32 heavy (non-hydrogen) atoms. The summed E-state index contributed by atoms with van der Waals surface area (Å²) in [6.07, 6.45) is 6.82. The number of hydrogen-bond acceptors (Lipinski definition) is 8. The Hall–Kier alpha value is -2.98. The summed E-state index contributed by atoms with van der Waals surface area (Å²) in [5.74, 6) is 0.873. The Morgan fingerprint density at radius 1 is 1.28 bits per heavy atom. The SMILES string of the molecule is CC/C(=C\NC)c1cnc2c(Nc3cc(CN4CCN(C(C)=O)CC4)ns3)nc(C)cn12. The highest BCUT2D eigenvalue weighted by Gasteiger charge is 2.20. The molecule has 0 aliphatic carbocycles. The van der Waals surface area contributed by atoms with Crippen molar-refractivity contribution in [3.05, 3.63) is 41.7 Å². The Morgan fingerprint density at radius 3 is 2.75 bits per heavy atom. The van der Waals surface area contributed by atoms with E-state index in [9.17, 15) is 4.79 Å². The van der Waals surface area contributed by atoms with E-state index < -0.39 is 0 Å². The molecule has 4 rings (SSSR count). The van der Waals surface area contributed by atoms with Gasteiger partial charge in [-0.1, -0.05) is 6.92 Å². The fourth-order valence-corrected chi connectivity index (χ4v) is 4.63. The summed E-state index contributed by atoms with van der Waals surface area (Å²) >= 11 is 1.43. The first-order valence-corrected chi connectivity index (χ1v) is 11.7. The van der Waals surface area contributed by atoms with Gasteiger partial charge in [0, 0.05) is 59.1 Å². The molecule has 10 heteroatoms. The summed E-state index contributed by atoms with van der Waals surface area (Å²) in [6.45, 7) is 9.83. The quantitative estimate of drug-likeness (QED) is 0.567. The fourth-order valence-electron chi connectivity index (χ4n) is 3.97. The molecule has 2 N–H and O–H groups in total. The van der Waals surface area contributed by atoms with E-state index in [4.69, 9.17) is 4.98 Å². The second-order valence-corrected chi connectivity index (χ2v) is 8.77. The minimum Gasteiger partial charge on any atom is -0.394 e. The maximum absolute atomic E-state index is 11.5. The number of piperazine rings is 1. The van der Waals surface area contributed by atoms with Crippen LogP contribution in [0.5, 0.6) is 0 Å². The molecule has 3 aromatic rings. The summed E-state index contributed by atoms with van der Waals surface area (Å²) in [4.78, 5) is 25.1. The average molecular weight is 455 g/mol. The Labute approximate surface area is 192 Å². The normalized spacial score (nSPS) is 15.4. The molecule has 1 aliphatic heterocycles. The predicted octanol–water partition coefficient (Wildman–Crippen LogP) is 2.87.